The molecule has 1 aliphatic heterocycles. The van der Waals surface area contributed by atoms with Gasteiger partial charge in [0.25, 0.3) is 5.91 Å². The molecule has 3 heterocycles. The number of amides is 1. The first-order valence-corrected chi connectivity index (χ1v) is 7.45. The van der Waals surface area contributed by atoms with Gasteiger partial charge in [0.15, 0.2) is 5.69 Å². The molecule has 2 aromatic rings. The fourth-order valence-corrected chi connectivity index (χ4v) is 2.85. The quantitative estimate of drug-likeness (QED) is 0.860. The molecule has 1 saturated carbocycles. The van der Waals surface area contributed by atoms with E-state index >= 15 is 0 Å². The molecule has 0 bridgehead atoms. The molecule has 4 rings (SSSR count). The van der Waals surface area contributed by atoms with E-state index in [1.807, 2.05) is 0 Å². The van der Waals surface area contributed by atoms with Gasteiger partial charge in [0.2, 0.25) is 0 Å². The third-order valence-corrected chi connectivity index (χ3v) is 4.28. The molecular formula is C15H15N5O2. The van der Waals surface area contributed by atoms with Gasteiger partial charge in [-0.05, 0) is 19.3 Å². The van der Waals surface area contributed by atoms with Crippen LogP contribution in [0.4, 0.5) is 0 Å². The van der Waals surface area contributed by atoms with Crippen LogP contribution in [0, 0.1) is 11.3 Å². The molecule has 0 spiro atoms. The Labute approximate surface area is 127 Å². The Morgan fingerprint density at radius 2 is 2.27 bits per heavy atom. The van der Waals surface area contributed by atoms with Gasteiger partial charge in [-0.2, -0.15) is 10.4 Å². The molecule has 7 nitrogen and oxygen atoms in total. The third kappa shape index (κ3) is 2.26. The van der Waals surface area contributed by atoms with Crippen molar-refractivity contribution in [3.05, 3.63) is 35.5 Å². The summed E-state index contributed by atoms with van der Waals surface area (Å²) in [5.41, 5.74) is 0.927. The average Bonchev–Trinajstić information content (AvgIpc) is 3.03. The molecule has 1 amide bonds. The number of hydrogen-bond donors (Lipinski definition) is 0. The van der Waals surface area contributed by atoms with Gasteiger partial charge in [0, 0.05) is 31.3 Å². The Morgan fingerprint density at radius 1 is 1.41 bits per heavy atom. The normalized spacial score (nSPS) is 21.0. The van der Waals surface area contributed by atoms with Crippen LogP contribution in [0.1, 0.15) is 53.0 Å². The van der Waals surface area contributed by atoms with Crippen molar-refractivity contribution in [2.75, 3.05) is 13.1 Å². The largest absolute Gasteiger partial charge is 0.360 e. The minimum atomic E-state index is -0.0918. The second-order valence-corrected chi connectivity index (χ2v) is 5.90. The molecule has 1 atom stereocenters. The number of likely N-dealkylation sites (tertiary alicyclic amines) is 1. The van der Waals surface area contributed by atoms with Crippen molar-refractivity contribution in [2.45, 2.75) is 31.2 Å². The Kier molecular flexibility index (Phi) is 2.96. The van der Waals surface area contributed by atoms with Crippen LogP contribution < -0.4 is 0 Å². The van der Waals surface area contributed by atoms with Crippen molar-refractivity contribution in [1.29, 1.82) is 5.26 Å². The van der Waals surface area contributed by atoms with Gasteiger partial charge in [0.05, 0.1) is 17.8 Å². The van der Waals surface area contributed by atoms with E-state index in [1.54, 1.807) is 28.0 Å². The summed E-state index contributed by atoms with van der Waals surface area (Å²) in [7, 11) is 0. The number of nitrogens with zero attached hydrogens (tertiary/aromatic N) is 5. The van der Waals surface area contributed by atoms with E-state index in [2.05, 4.69) is 16.3 Å². The lowest BCUT2D eigenvalue weighted by atomic mass is 10.2. The first-order valence-electron chi connectivity index (χ1n) is 7.45. The number of carbonyl (C=O) groups is 1. The van der Waals surface area contributed by atoms with Gasteiger partial charge in [-0.25, -0.2) is 0 Å². The molecule has 7 heteroatoms. The van der Waals surface area contributed by atoms with E-state index < -0.39 is 0 Å². The van der Waals surface area contributed by atoms with Gasteiger partial charge in [-0.3, -0.25) is 9.48 Å². The van der Waals surface area contributed by atoms with E-state index in [0.717, 1.165) is 25.0 Å². The Hall–Kier alpha value is -2.62. The number of carbonyl (C=O) groups excluding carboxylic acids is 1. The SMILES string of the molecule is N#Cc1cnn(C2CCN(C(=O)c3cc(C4CC4)on3)C2)c1. The van der Waals surface area contributed by atoms with Crippen LogP contribution in [0.3, 0.4) is 0 Å². The third-order valence-electron chi connectivity index (χ3n) is 4.28. The summed E-state index contributed by atoms with van der Waals surface area (Å²) in [5, 5.41) is 16.9. The molecule has 2 fully saturated rings. The molecule has 0 N–H and O–H groups in total. The highest BCUT2D eigenvalue weighted by atomic mass is 16.5. The Morgan fingerprint density at radius 3 is 3.00 bits per heavy atom. The lowest BCUT2D eigenvalue weighted by Gasteiger charge is -2.14. The second kappa shape index (κ2) is 4.98. The second-order valence-electron chi connectivity index (χ2n) is 5.90. The molecular weight excluding hydrogens is 282 g/mol. The molecule has 1 aliphatic carbocycles. The van der Waals surface area contributed by atoms with Crippen molar-refractivity contribution in [2.24, 2.45) is 0 Å². The van der Waals surface area contributed by atoms with Crippen molar-refractivity contribution in [3.63, 3.8) is 0 Å². The first kappa shape index (κ1) is 13.1. The first-order chi connectivity index (χ1) is 10.7. The number of hydrogen-bond acceptors (Lipinski definition) is 5. The number of aromatic nitrogens is 3. The molecule has 22 heavy (non-hydrogen) atoms. The zero-order valence-electron chi connectivity index (χ0n) is 12.0. The van der Waals surface area contributed by atoms with Crippen LogP contribution >= 0.6 is 0 Å². The van der Waals surface area contributed by atoms with Gasteiger partial charge in [0.1, 0.15) is 11.8 Å². The van der Waals surface area contributed by atoms with E-state index in [0.29, 0.717) is 30.3 Å². The van der Waals surface area contributed by atoms with Crippen LogP contribution in [-0.4, -0.2) is 38.8 Å². The van der Waals surface area contributed by atoms with Crippen LogP contribution in [0.2, 0.25) is 0 Å². The summed E-state index contributed by atoms with van der Waals surface area (Å²) in [4.78, 5) is 14.2. The van der Waals surface area contributed by atoms with Crippen LogP contribution in [0.15, 0.2) is 23.0 Å². The molecule has 2 aliphatic rings. The lowest BCUT2D eigenvalue weighted by Crippen LogP contribution is -2.29. The summed E-state index contributed by atoms with van der Waals surface area (Å²) in [5.74, 6) is 1.18. The maximum atomic E-state index is 12.5. The van der Waals surface area contributed by atoms with E-state index in [4.69, 9.17) is 9.78 Å². The van der Waals surface area contributed by atoms with E-state index in [1.165, 1.54) is 0 Å². The Bertz CT molecular complexity index is 752. The van der Waals surface area contributed by atoms with E-state index in [-0.39, 0.29) is 11.9 Å². The van der Waals surface area contributed by atoms with Crippen molar-refractivity contribution < 1.29 is 9.32 Å². The van der Waals surface area contributed by atoms with Gasteiger partial charge >= 0.3 is 0 Å². The molecule has 0 radical (unpaired) electrons. The lowest BCUT2D eigenvalue weighted by molar-refractivity contribution is 0.0776. The van der Waals surface area contributed by atoms with Crippen molar-refractivity contribution in [1.82, 2.24) is 19.8 Å². The minimum absolute atomic E-state index is 0.0918. The topological polar surface area (TPSA) is 88.0 Å². The molecule has 1 unspecified atom stereocenters. The fourth-order valence-electron chi connectivity index (χ4n) is 2.85. The highest BCUT2D eigenvalue weighted by Crippen LogP contribution is 2.40. The van der Waals surface area contributed by atoms with Crippen molar-refractivity contribution in [3.8, 4) is 6.07 Å². The predicted molar refractivity (Wildman–Crippen MR) is 75.0 cm³/mol. The number of rotatable bonds is 3. The average molecular weight is 297 g/mol. The standard InChI is InChI=1S/C15H15N5O2/c16-6-10-7-17-20(8-10)12-3-4-19(9-12)15(21)13-5-14(22-18-13)11-1-2-11/h5,7-8,11-12H,1-4,9H2. The van der Waals surface area contributed by atoms with Gasteiger partial charge in [-0.15, -0.1) is 0 Å². The summed E-state index contributed by atoms with van der Waals surface area (Å²) in [6, 6.07) is 3.95. The predicted octanol–water partition coefficient (Wildman–Crippen LogP) is 1.71. The summed E-state index contributed by atoms with van der Waals surface area (Å²) in [6.07, 6.45) is 6.33. The zero-order chi connectivity index (χ0) is 15.1. The summed E-state index contributed by atoms with van der Waals surface area (Å²) in [6.45, 7) is 1.24. The summed E-state index contributed by atoms with van der Waals surface area (Å²) >= 11 is 0. The van der Waals surface area contributed by atoms with Crippen LogP contribution in [0.25, 0.3) is 0 Å². The Balaban J connectivity index is 1.45. The van der Waals surface area contributed by atoms with Crippen LogP contribution in [-0.2, 0) is 0 Å². The van der Waals surface area contributed by atoms with Gasteiger partial charge in [-0.1, -0.05) is 5.16 Å². The maximum absolute atomic E-state index is 12.5. The highest BCUT2D eigenvalue weighted by Gasteiger charge is 2.32. The zero-order valence-corrected chi connectivity index (χ0v) is 12.0. The molecule has 2 aromatic heterocycles. The number of nitriles is 1. The molecule has 1 saturated heterocycles. The minimum Gasteiger partial charge on any atom is -0.360 e. The maximum Gasteiger partial charge on any atom is 0.276 e. The fraction of sp³-hybridized carbons (Fsp3) is 0.467. The molecule has 112 valence electrons. The smallest absolute Gasteiger partial charge is 0.276 e. The van der Waals surface area contributed by atoms with Crippen molar-refractivity contribution >= 4 is 5.91 Å². The monoisotopic (exact) mass is 297 g/mol. The highest BCUT2D eigenvalue weighted by molar-refractivity contribution is 5.92. The van der Waals surface area contributed by atoms with E-state index in [9.17, 15) is 4.79 Å². The van der Waals surface area contributed by atoms with Crippen LogP contribution in [0.5, 0.6) is 0 Å². The van der Waals surface area contributed by atoms with Gasteiger partial charge < -0.3 is 9.42 Å². The molecule has 0 aromatic carbocycles. The summed E-state index contributed by atoms with van der Waals surface area (Å²) < 4.78 is 7.02.